The molecule has 3 aromatic carbocycles. The first-order chi connectivity index (χ1) is 17.5. The van der Waals surface area contributed by atoms with Gasteiger partial charge in [0.25, 0.3) is 10.0 Å². The summed E-state index contributed by atoms with van der Waals surface area (Å²) >= 11 is 12.5. The highest BCUT2D eigenvalue weighted by Crippen LogP contribution is 2.27. The Labute approximate surface area is 228 Å². The van der Waals surface area contributed by atoms with Gasteiger partial charge in [-0.1, -0.05) is 65.7 Å². The van der Waals surface area contributed by atoms with Crippen LogP contribution in [0.3, 0.4) is 0 Å². The first-order valence-corrected chi connectivity index (χ1v) is 13.9. The number of nitrogens with zero attached hydrogens (tertiary/aromatic N) is 2. The fraction of sp³-hybridized carbons (Fsp3) is 0.259. The average molecular weight is 563 g/mol. The number of hydrogen-bond donors (Lipinski definition) is 1. The largest absolute Gasteiger partial charge is 0.352 e. The van der Waals surface area contributed by atoms with E-state index in [-0.39, 0.29) is 29.1 Å². The molecule has 0 saturated carbocycles. The molecular weight excluding hydrogens is 533 g/mol. The number of carbonyl (C=O) groups excluding carboxylic acids is 2. The van der Waals surface area contributed by atoms with Crippen molar-refractivity contribution >= 4 is 50.7 Å². The third kappa shape index (κ3) is 7.25. The van der Waals surface area contributed by atoms with Gasteiger partial charge in [0.2, 0.25) is 11.8 Å². The maximum absolute atomic E-state index is 13.8. The van der Waals surface area contributed by atoms with Crippen LogP contribution in [0.4, 0.5) is 5.69 Å². The third-order valence-electron chi connectivity index (χ3n) is 5.60. The smallest absolute Gasteiger partial charge is 0.264 e. The SMILES string of the molecule is CC(C)NC(=O)[C@H](C)N(Cc1ccccc1Cl)C(=O)CN(c1cccc(Cl)c1)S(=O)(=O)c1ccccc1. The van der Waals surface area contributed by atoms with Crippen molar-refractivity contribution in [3.8, 4) is 0 Å². The Morgan fingerprint density at radius 1 is 0.892 bits per heavy atom. The molecule has 3 aromatic rings. The van der Waals surface area contributed by atoms with Crippen molar-refractivity contribution in [3.05, 3.63) is 94.5 Å². The molecule has 1 atom stereocenters. The minimum Gasteiger partial charge on any atom is -0.352 e. The standard InChI is InChI=1S/C27H29Cl2N3O4S/c1-19(2)30-27(34)20(3)31(17-21-10-7-8-15-25(21)29)26(33)18-32(23-12-9-11-22(28)16-23)37(35,36)24-13-5-4-6-14-24/h4-16,19-20H,17-18H2,1-3H3,(H,30,34)/t20-/m0/s1. The zero-order valence-electron chi connectivity index (χ0n) is 20.8. The Hall–Kier alpha value is -3.07. The molecule has 10 heteroatoms. The second-order valence-corrected chi connectivity index (χ2v) is 11.5. The molecule has 7 nitrogen and oxygen atoms in total. The van der Waals surface area contributed by atoms with Gasteiger partial charge in [0.15, 0.2) is 0 Å². The van der Waals surface area contributed by atoms with E-state index in [2.05, 4.69) is 5.32 Å². The maximum Gasteiger partial charge on any atom is 0.264 e. The zero-order chi connectivity index (χ0) is 27.2. The lowest BCUT2D eigenvalue weighted by Crippen LogP contribution is -2.52. The molecule has 3 rings (SSSR count). The van der Waals surface area contributed by atoms with E-state index in [4.69, 9.17) is 23.2 Å². The van der Waals surface area contributed by atoms with Gasteiger partial charge >= 0.3 is 0 Å². The van der Waals surface area contributed by atoms with Crippen LogP contribution in [0.5, 0.6) is 0 Å². The molecule has 0 aliphatic heterocycles. The van der Waals surface area contributed by atoms with Crippen LogP contribution in [0, 0.1) is 0 Å². The van der Waals surface area contributed by atoms with Gasteiger partial charge in [0.05, 0.1) is 10.6 Å². The number of carbonyl (C=O) groups is 2. The summed E-state index contributed by atoms with van der Waals surface area (Å²) < 4.78 is 28.4. The number of nitrogens with one attached hydrogen (secondary N) is 1. The van der Waals surface area contributed by atoms with Crippen molar-refractivity contribution in [3.63, 3.8) is 0 Å². The van der Waals surface area contributed by atoms with Crippen LogP contribution in [0.1, 0.15) is 26.3 Å². The van der Waals surface area contributed by atoms with Gasteiger partial charge in [-0.15, -0.1) is 0 Å². The molecule has 1 N–H and O–H groups in total. The van der Waals surface area contributed by atoms with Crippen LogP contribution in [0.25, 0.3) is 0 Å². The van der Waals surface area contributed by atoms with E-state index in [0.29, 0.717) is 15.6 Å². The van der Waals surface area contributed by atoms with Gasteiger partial charge in [-0.25, -0.2) is 8.42 Å². The zero-order valence-corrected chi connectivity index (χ0v) is 23.1. The van der Waals surface area contributed by atoms with Gasteiger partial charge in [0, 0.05) is 22.6 Å². The van der Waals surface area contributed by atoms with Crippen molar-refractivity contribution in [1.29, 1.82) is 0 Å². The summed E-state index contributed by atoms with van der Waals surface area (Å²) in [7, 11) is -4.14. The first-order valence-electron chi connectivity index (χ1n) is 11.7. The molecule has 0 aromatic heterocycles. The second-order valence-electron chi connectivity index (χ2n) is 8.76. The summed E-state index contributed by atoms with van der Waals surface area (Å²) in [6.07, 6.45) is 0. The van der Waals surface area contributed by atoms with Crippen LogP contribution in [0.15, 0.2) is 83.8 Å². The fourth-order valence-corrected chi connectivity index (χ4v) is 5.48. The highest BCUT2D eigenvalue weighted by atomic mass is 35.5. The summed E-state index contributed by atoms with van der Waals surface area (Å²) in [6.45, 7) is 4.69. The first kappa shape index (κ1) is 28.5. The quantitative estimate of drug-likeness (QED) is 0.371. The molecule has 0 saturated heterocycles. The van der Waals surface area contributed by atoms with E-state index >= 15 is 0 Å². The Kier molecular flexibility index (Phi) is 9.59. The van der Waals surface area contributed by atoms with Crippen LogP contribution in [-0.4, -0.2) is 43.8 Å². The number of hydrogen-bond acceptors (Lipinski definition) is 4. The summed E-state index contributed by atoms with van der Waals surface area (Å²) in [5.41, 5.74) is 0.851. The molecular formula is C27H29Cl2N3O4S. The summed E-state index contributed by atoms with van der Waals surface area (Å²) in [6, 6.07) is 20.0. The summed E-state index contributed by atoms with van der Waals surface area (Å²) in [5.74, 6) is -0.943. The van der Waals surface area contributed by atoms with Gasteiger partial charge < -0.3 is 10.2 Å². The molecule has 0 aliphatic rings. The van der Waals surface area contributed by atoms with Crippen molar-refractivity contribution in [2.45, 2.75) is 44.3 Å². The Morgan fingerprint density at radius 3 is 2.16 bits per heavy atom. The Balaban J connectivity index is 2.03. The second kappa shape index (κ2) is 12.4. The molecule has 0 bridgehead atoms. The van der Waals surface area contributed by atoms with E-state index < -0.39 is 28.5 Å². The van der Waals surface area contributed by atoms with Crippen molar-refractivity contribution < 1.29 is 18.0 Å². The van der Waals surface area contributed by atoms with Gasteiger partial charge in [0.1, 0.15) is 12.6 Å². The van der Waals surface area contributed by atoms with Crippen molar-refractivity contribution in [2.75, 3.05) is 10.8 Å². The highest BCUT2D eigenvalue weighted by molar-refractivity contribution is 7.92. The Bertz CT molecular complexity index is 1350. The van der Waals surface area contributed by atoms with E-state index in [9.17, 15) is 18.0 Å². The van der Waals surface area contributed by atoms with Crippen LogP contribution in [0.2, 0.25) is 10.0 Å². The molecule has 0 spiro atoms. The summed E-state index contributed by atoms with van der Waals surface area (Å²) in [5, 5.41) is 3.56. The number of rotatable bonds is 10. The molecule has 2 amide bonds. The third-order valence-corrected chi connectivity index (χ3v) is 7.99. The molecule has 37 heavy (non-hydrogen) atoms. The topological polar surface area (TPSA) is 86.8 Å². The molecule has 0 unspecified atom stereocenters. The number of halogens is 2. The molecule has 196 valence electrons. The van der Waals surface area contributed by atoms with E-state index in [0.717, 1.165) is 4.31 Å². The van der Waals surface area contributed by atoms with Gasteiger partial charge in [-0.05, 0) is 62.7 Å². The normalized spacial score (nSPS) is 12.2. The van der Waals surface area contributed by atoms with E-state index in [1.807, 2.05) is 13.8 Å². The minimum absolute atomic E-state index is 0.0138. The predicted molar refractivity (Wildman–Crippen MR) is 147 cm³/mol. The lowest BCUT2D eigenvalue weighted by molar-refractivity contribution is -0.139. The summed E-state index contributed by atoms with van der Waals surface area (Å²) in [4.78, 5) is 28.1. The number of benzene rings is 3. The van der Waals surface area contributed by atoms with E-state index in [1.54, 1.807) is 67.6 Å². The van der Waals surface area contributed by atoms with Gasteiger partial charge in [-0.2, -0.15) is 0 Å². The van der Waals surface area contributed by atoms with Crippen molar-refractivity contribution in [2.24, 2.45) is 0 Å². The molecule has 0 radical (unpaired) electrons. The lowest BCUT2D eigenvalue weighted by Gasteiger charge is -2.32. The van der Waals surface area contributed by atoms with Gasteiger partial charge in [-0.3, -0.25) is 13.9 Å². The van der Waals surface area contributed by atoms with Crippen LogP contribution >= 0.6 is 23.2 Å². The number of anilines is 1. The Morgan fingerprint density at radius 2 is 1.54 bits per heavy atom. The monoisotopic (exact) mass is 561 g/mol. The van der Waals surface area contributed by atoms with Crippen LogP contribution < -0.4 is 9.62 Å². The average Bonchev–Trinajstić information content (AvgIpc) is 2.86. The maximum atomic E-state index is 13.8. The fourth-order valence-electron chi connectivity index (χ4n) is 3.68. The molecule has 0 heterocycles. The molecule has 0 fully saturated rings. The number of sulfonamides is 1. The lowest BCUT2D eigenvalue weighted by atomic mass is 10.1. The highest BCUT2D eigenvalue weighted by Gasteiger charge is 2.33. The number of amides is 2. The van der Waals surface area contributed by atoms with E-state index in [1.165, 1.54) is 23.1 Å². The predicted octanol–water partition coefficient (Wildman–Crippen LogP) is 5.13. The van der Waals surface area contributed by atoms with Crippen LogP contribution in [-0.2, 0) is 26.2 Å². The molecule has 0 aliphatic carbocycles. The minimum atomic E-state index is -4.14. The van der Waals surface area contributed by atoms with Crippen molar-refractivity contribution in [1.82, 2.24) is 10.2 Å².